The maximum Gasteiger partial charge on any atom is 0.0959 e. The average Bonchev–Trinajstić information content (AvgIpc) is 2.73. The van der Waals surface area contributed by atoms with Gasteiger partial charge in [-0.05, 0) is 24.7 Å². The molecule has 0 amide bonds. The van der Waals surface area contributed by atoms with Gasteiger partial charge in [0.05, 0.1) is 10.7 Å². The van der Waals surface area contributed by atoms with Gasteiger partial charge in [-0.2, -0.15) is 0 Å². The lowest BCUT2D eigenvalue weighted by atomic mass is 10.1. The van der Waals surface area contributed by atoms with Gasteiger partial charge in [0.15, 0.2) is 0 Å². The molecule has 0 N–H and O–H groups in total. The van der Waals surface area contributed by atoms with Crippen molar-refractivity contribution in [2.75, 3.05) is 0 Å². The van der Waals surface area contributed by atoms with E-state index in [1.54, 1.807) is 0 Å². The Morgan fingerprint density at radius 2 is 2.00 bits per heavy atom. The highest BCUT2D eigenvalue weighted by molar-refractivity contribution is 7.09. The SMILES string of the molecule is CC1(C)CC1c1csc(C2CCCC2)n1. The molecule has 1 atom stereocenters. The minimum atomic E-state index is 0.529. The second-order valence-corrected chi connectivity index (χ2v) is 6.73. The molecular formula is C13H19NS. The Bertz CT molecular complexity index is 341. The molecule has 0 saturated heterocycles. The summed E-state index contributed by atoms with van der Waals surface area (Å²) in [5.74, 6) is 1.55. The van der Waals surface area contributed by atoms with Crippen LogP contribution in [0, 0.1) is 5.41 Å². The van der Waals surface area contributed by atoms with Gasteiger partial charge < -0.3 is 0 Å². The lowest BCUT2D eigenvalue weighted by molar-refractivity contribution is 0.614. The maximum absolute atomic E-state index is 4.87. The molecule has 2 aliphatic carbocycles. The fourth-order valence-corrected chi connectivity index (χ4v) is 3.84. The fraction of sp³-hybridized carbons (Fsp3) is 0.769. The Hall–Kier alpha value is -0.370. The first-order chi connectivity index (χ1) is 7.17. The molecule has 0 aromatic carbocycles. The van der Waals surface area contributed by atoms with Gasteiger partial charge in [0.1, 0.15) is 0 Å². The summed E-state index contributed by atoms with van der Waals surface area (Å²) in [5, 5.41) is 3.73. The minimum absolute atomic E-state index is 0.529. The summed E-state index contributed by atoms with van der Waals surface area (Å²) < 4.78 is 0. The molecule has 1 nitrogen and oxygen atoms in total. The average molecular weight is 221 g/mol. The highest BCUT2D eigenvalue weighted by atomic mass is 32.1. The van der Waals surface area contributed by atoms with Crippen LogP contribution in [0.5, 0.6) is 0 Å². The summed E-state index contributed by atoms with van der Waals surface area (Å²) in [6.45, 7) is 4.71. The standard InChI is InChI=1S/C13H19NS/c1-13(2)7-10(13)11-8-15-12(14-11)9-5-3-4-6-9/h8-10H,3-7H2,1-2H3. The first-order valence-electron chi connectivity index (χ1n) is 6.12. The molecule has 0 spiro atoms. The normalized spacial score (nSPS) is 29.6. The number of nitrogens with zero attached hydrogens (tertiary/aromatic N) is 1. The molecule has 1 heterocycles. The molecule has 2 fully saturated rings. The molecule has 1 aromatic heterocycles. The largest absolute Gasteiger partial charge is 0.246 e. The van der Waals surface area contributed by atoms with E-state index in [4.69, 9.17) is 4.98 Å². The van der Waals surface area contributed by atoms with Crippen molar-refractivity contribution < 1.29 is 0 Å². The zero-order valence-corrected chi connectivity index (χ0v) is 10.4. The van der Waals surface area contributed by atoms with Crippen molar-refractivity contribution in [1.29, 1.82) is 0 Å². The van der Waals surface area contributed by atoms with Crippen LogP contribution < -0.4 is 0 Å². The molecule has 0 radical (unpaired) electrons. The van der Waals surface area contributed by atoms with Gasteiger partial charge in [0.2, 0.25) is 0 Å². The second-order valence-electron chi connectivity index (χ2n) is 5.84. The monoisotopic (exact) mass is 221 g/mol. The molecule has 2 aliphatic rings. The van der Waals surface area contributed by atoms with Crippen LogP contribution in [-0.4, -0.2) is 4.98 Å². The molecule has 2 saturated carbocycles. The van der Waals surface area contributed by atoms with Crippen LogP contribution in [0.25, 0.3) is 0 Å². The number of aromatic nitrogens is 1. The predicted octanol–water partition coefficient (Wildman–Crippen LogP) is 4.31. The van der Waals surface area contributed by atoms with E-state index in [0.717, 1.165) is 11.8 Å². The molecule has 0 aliphatic heterocycles. The van der Waals surface area contributed by atoms with Crippen LogP contribution in [0.4, 0.5) is 0 Å². The van der Waals surface area contributed by atoms with E-state index in [9.17, 15) is 0 Å². The summed E-state index contributed by atoms with van der Waals surface area (Å²) in [7, 11) is 0. The number of hydrogen-bond donors (Lipinski definition) is 0. The molecule has 0 bridgehead atoms. The lowest BCUT2D eigenvalue weighted by Gasteiger charge is -2.03. The Kier molecular flexibility index (Phi) is 2.17. The van der Waals surface area contributed by atoms with Crippen LogP contribution in [0.1, 0.15) is 68.5 Å². The van der Waals surface area contributed by atoms with Crippen LogP contribution in [-0.2, 0) is 0 Å². The lowest BCUT2D eigenvalue weighted by Crippen LogP contribution is -1.94. The van der Waals surface area contributed by atoms with Crippen molar-refractivity contribution in [2.45, 2.75) is 57.8 Å². The van der Waals surface area contributed by atoms with E-state index in [2.05, 4.69) is 19.2 Å². The van der Waals surface area contributed by atoms with Crippen LogP contribution >= 0.6 is 11.3 Å². The molecule has 1 aromatic rings. The Morgan fingerprint density at radius 1 is 1.33 bits per heavy atom. The summed E-state index contributed by atoms with van der Waals surface area (Å²) in [6, 6.07) is 0. The first kappa shape index (κ1) is 9.83. The van der Waals surface area contributed by atoms with Crippen molar-refractivity contribution in [1.82, 2.24) is 4.98 Å². The van der Waals surface area contributed by atoms with E-state index in [1.807, 2.05) is 11.3 Å². The van der Waals surface area contributed by atoms with Crippen molar-refractivity contribution in [3.8, 4) is 0 Å². The van der Waals surface area contributed by atoms with Gasteiger partial charge in [-0.25, -0.2) is 4.98 Å². The summed E-state index contributed by atoms with van der Waals surface area (Å²) in [4.78, 5) is 4.87. The van der Waals surface area contributed by atoms with E-state index in [1.165, 1.54) is 42.8 Å². The minimum Gasteiger partial charge on any atom is -0.246 e. The van der Waals surface area contributed by atoms with Crippen LogP contribution in [0.2, 0.25) is 0 Å². The smallest absolute Gasteiger partial charge is 0.0959 e. The van der Waals surface area contributed by atoms with Gasteiger partial charge in [-0.3, -0.25) is 0 Å². The van der Waals surface area contributed by atoms with Gasteiger partial charge >= 0.3 is 0 Å². The Morgan fingerprint density at radius 3 is 2.60 bits per heavy atom. The first-order valence-corrected chi connectivity index (χ1v) is 7.00. The third-order valence-electron chi connectivity index (χ3n) is 4.11. The zero-order chi connectivity index (χ0) is 10.5. The molecule has 3 rings (SSSR count). The number of hydrogen-bond acceptors (Lipinski definition) is 2. The van der Waals surface area contributed by atoms with Crippen LogP contribution in [0.3, 0.4) is 0 Å². The molecule has 1 unspecified atom stereocenters. The molecule has 2 heteroatoms. The maximum atomic E-state index is 4.87. The Balaban J connectivity index is 1.76. The van der Waals surface area contributed by atoms with Crippen molar-refractivity contribution >= 4 is 11.3 Å². The third-order valence-corrected chi connectivity index (χ3v) is 5.14. The second kappa shape index (κ2) is 3.31. The van der Waals surface area contributed by atoms with E-state index in [-0.39, 0.29) is 0 Å². The Labute approximate surface area is 95.9 Å². The fourth-order valence-electron chi connectivity index (χ4n) is 2.79. The van der Waals surface area contributed by atoms with Gasteiger partial charge in [0.25, 0.3) is 0 Å². The number of rotatable bonds is 2. The third kappa shape index (κ3) is 1.73. The van der Waals surface area contributed by atoms with Gasteiger partial charge in [-0.1, -0.05) is 26.7 Å². The van der Waals surface area contributed by atoms with Crippen molar-refractivity contribution in [2.24, 2.45) is 5.41 Å². The highest BCUT2D eigenvalue weighted by Gasteiger charge is 2.47. The number of thiazole rings is 1. The zero-order valence-electron chi connectivity index (χ0n) is 9.62. The summed E-state index contributed by atoms with van der Waals surface area (Å²) >= 11 is 1.90. The molecule has 15 heavy (non-hydrogen) atoms. The van der Waals surface area contributed by atoms with E-state index < -0.39 is 0 Å². The summed E-state index contributed by atoms with van der Waals surface area (Å²) in [6.07, 6.45) is 6.91. The topological polar surface area (TPSA) is 12.9 Å². The van der Waals surface area contributed by atoms with Crippen molar-refractivity contribution in [3.63, 3.8) is 0 Å². The quantitative estimate of drug-likeness (QED) is 0.725. The molecule has 82 valence electrons. The van der Waals surface area contributed by atoms with E-state index >= 15 is 0 Å². The van der Waals surface area contributed by atoms with E-state index in [0.29, 0.717) is 5.41 Å². The van der Waals surface area contributed by atoms with Gasteiger partial charge in [-0.15, -0.1) is 11.3 Å². The van der Waals surface area contributed by atoms with Crippen LogP contribution in [0.15, 0.2) is 5.38 Å². The summed E-state index contributed by atoms with van der Waals surface area (Å²) in [5.41, 5.74) is 1.91. The van der Waals surface area contributed by atoms with Gasteiger partial charge in [0, 0.05) is 17.2 Å². The van der Waals surface area contributed by atoms with Crippen molar-refractivity contribution in [3.05, 3.63) is 16.1 Å². The predicted molar refractivity (Wildman–Crippen MR) is 64.5 cm³/mol. The highest BCUT2D eigenvalue weighted by Crippen LogP contribution is 2.58. The molecular weight excluding hydrogens is 202 g/mol.